The topological polar surface area (TPSA) is 30.9 Å². The number of rotatable bonds is 6. The second-order valence-corrected chi connectivity index (χ2v) is 6.84. The molecule has 0 aliphatic carbocycles. The first-order chi connectivity index (χ1) is 11.1. The van der Waals surface area contributed by atoms with Crippen LogP contribution in [0.1, 0.15) is 25.8 Å². The molecule has 4 nitrogen and oxygen atoms in total. The zero-order chi connectivity index (χ0) is 16.7. The molecule has 128 valence electrons. The van der Waals surface area contributed by atoms with Crippen molar-refractivity contribution in [3.8, 4) is 0 Å². The van der Waals surface area contributed by atoms with Gasteiger partial charge in [0, 0.05) is 39.3 Å². The van der Waals surface area contributed by atoms with Gasteiger partial charge in [-0.3, -0.25) is 4.99 Å². The molecule has 1 aromatic rings. The van der Waals surface area contributed by atoms with E-state index in [9.17, 15) is 0 Å². The second kappa shape index (κ2) is 8.92. The van der Waals surface area contributed by atoms with E-state index >= 15 is 0 Å². The maximum atomic E-state index is 4.47. The minimum Gasteiger partial charge on any atom is -0.355 e. The molecule has 1 N–H and O–H groups in total. The Morgan fingerprint density at radius 2 is 2.09 bits per heavy atom. The summed E-state index contributed by atoms with van der Waals surface area (Å²) < 4.78 is 0. The number of aliphatic imine (C=N–C) groups is 1. The molecule has 1 aliphatic rings. The van der Waals surface area contributed by atoms with Gasteiger partial charge in [0.15, 0.2) is 5.96 Å². The lowest BCUT2D eigenvalue weighted by atomic mass is 9.99. The van der Waals surface area contributed by atoms with Crippen molar-refractivity contribution in [1.82, 2.24) is 15.1 Å². The molecule has 0 spiro atoms. The molecule has 1 aliphatic heterocycles. The van der Waals surface area contributed by atoms with Crippen LogP contribution in [0.25, 0.3) is 0 Å². The van der Waals surface area contributed by atoms with Crippen LogP contribution in [-0.2, 0) is 6.42 Å². The first kappa shape index (κ1) is 17.8. The summed E-state index contributed by atoms with van der Waals surface area (Å²) in [6, 6.07) is 11.4. The van der Waals surface area contributed by atoms with Crippen LogP contribution in [0.5, 0.6) is 0 Å². The monoisotopic (exact) mass is 316 g/mol. The van der Waals surface area contributed by atoms with E-state index < -0.39 is 0 Å². The van der Waals surface area contributed by atoms with Gasteiger partial charge in [-0.05, 0) is 45.2 Å². The van der Waals surface area contributed by atoms with Crippen molar-refractivity contribution in [1.29, 1.82) is 0 Å². The zero-order valence-electron chi connectivity index (χ0n) is 15.1. The fourth-order valence-electron chi connectivity index (χ4n) is 3.07. The summed E-state index contributed by atoms with van der Waals surface area (Å²) in [4.78, 5) is 9.22. The number of nitrogens with one attached hydrogen (secondary N) is 1. The maximum absolute atomic E-state index is 4.47. The van der Waals surface area contributed by atoms with E-state index in [-0.39, 0.29) is 0 Å². The van der Waals surface area contributed by atoms with E-state index in [0.29, 0.717) is 6.04 Å². The highest BCUT2D eigenvalue weighted by Gasteiger charge is 2.24. The number of hydrogen-bond donors (Lipinski definition) is 1. The van der Waals surface area contributed by atoms with Crippen LogP contribution in [0.4, 0.5) is 0 Å². The molecule has 0 aromatic heterocycles. The van der Waals surface area contributed by atoms with Crippen molar-refractivity contribution in [2.45, 2.75) is 32.7 Å². The summed E-state index contributed by atoms with van der Waals surface area (Å²) in [5.41, 5.74) is 1.45. The Labute approximate surface area is 141 Å². The van der Waals surface area contributed by atoms with Gasteiger partial charge >= 0.3 is 0 Å². The molecule has 0 bridgehead atoms. The fourth-order valence-corrected chi connectivity index (χ4v) is 3.07. The lowest BCUT2D eigenvalue weighted by Crippen LogP contribution is -2.43. The van der Waals surface area contributed by atoms with Gasteiger partial charge in [-0.15, -0.1) is 0 Å². The third kappa shape index (κ3) is 5.54. The van der Waals surface area contributed by atoms with Crippen LogP contribution in [0.2, 0.25) is 0 Å². The maximum Gasteiger partial charge on any atom is 0.193 e. The number of likely N-dealkylation sites (tertiary alicyclic amines) is 1. The van der Waals surface area contributed by atoms with E-state index in [0.717, 1.165) is 38.1 Å². The molecule has 23 heavy (non-hydrogen) atoms. The van der Waals surface area contributed by atoms with Crippen molar-refractivity contribution in [3.05, 3.63) is 35.9 Å². The van der Waals surface area contributed by atoms with E-state index in [1.807, 2.05) is 7.05 Å². The smallest absolute Gasteiger partial charge is 0.193 e. The SMILES string of the molecule is CN=C(NCCN(C)C(C)C)N1CCC(Cc2ccccc2)C1. The molecule has 1 unspecified atom stereocenters. The molecule has 1 fully saturated rings. The molecule has 2 rings (SSSR count). The second-order valence-electron chi connectivity index (χ2n) is 6.84. The molecular formula is C19H32N4. The van der Waals surface area contributed by atoms with Gasteiger partial charge in [-0.2, -0.15) is 0 Å². The largest absolute Gasteiger partial charge is 0.355 e. The highest BCUT2D eigenvalue weighted by atomic mass is 15.3. The predicted molar refractivity (Wildman–Crippen MR) is 99.0 cm³/mol. The van der Waals surface area contributed by atoms with Crippen molar-refractivity contribution < 1.29 is 0 Å². The average Bonchev–Trinajstić information content (AvgIpc) is 3.00. The summed E-state index contributed by atoms with van der Waals surface area (Å²) in [5, 5.41) is 3.52. The Balaban J connectivity index is 1.77. The molecule has 1 heterocycles. The molecular weight excluding hydrogens is 284 g/mol. The highest BCUT2D eigenvalue weighted by molar-refractivity contribution is 5.80. The zero-order valence-corrected chi connectivity index (χ0v) is 15.1. The molecule has 0 radical (unpaired) electrons. The van der Waals surface area contributed by atoms with Gasteiger partial charge in [0.1, 0.15) is 0 Å². The minimum absolute atomic E-state index is 0.584. The number of hydrogen-bond acceptors (Lipinski definition) is 2. The number of likely N-dealkylation sites (N-methyl/N-ethyl adjacent to an activating group) is 1. The van der Waals surface area contributed by atoms with Crippen LogP contribution in [0, 0.1) is 5.92 Å². The average molecular weight is 316 g/mol. The van der Waals surface area contributed by atoms with Crippen LogP contribution in [0.15, 0.2) is 35.3 Å². The van der Waals surface area contributed by atoms with Gasteiger partial charge in [0.05, 0.1) is 0 Å². The molecule has 0 saturated carbocycles. The highest BCUT2D eigenvalue weighted by Crippen LogP contribution is 2.20. The molecule has 1 aromatic carbocycles. The van der Waals surface area contributed by atoms with E-state index in [1.165, 1.54) is 18.4 Å². The van der Waals surface area contributed by atoms with Crippen molar-refractivity contribution in [2.75, 3.05) is 40.3 Å². The third-order valence-electron chi connectivity index (χ3n) is 4.79. The summed E-state index contributed by atoms with van der Waals surface area (Å²) in [6.45, 7) is 8.65. The van der Waals surface area contributed by atoms with Gasteiger partial charge in [0.25, 0.3) is 0 Å². The molecule has 1 atom stereocenters. The van der Waals surface area contributed by atoms with Crippen molar-refractivity contribution >= 4 is 5.96 Å². The Morgan fingerprint density at radius 1 is 1.35 bits per heavy atom. The Kier molecular flexibility index (Phi) is 6.90. The van der Waals surface area contributed by atoms with Crippen LogP contribution in [-0.4, -0.2) is 62.1 Å². The molecule has 1 saturated heterocycles. The standard InChI is InChI=1S/C19H32N4/c1-16(2)22(4)13-11-21-19(20-3)23-12-10-18(15-23)14-17-8-6-5-7-9-17/h5-9,16,18H,10-15H2,1-4H3,(H,20,21). The Hall–Kier alpha value is -1.55. The van der Waals surface area contributed by atoms with Crippen LogP contribution >= 0.6 is 0 Å². The third-order valence-corrected chi connectivity index (χ3v) is 4.79. The van der Waals surface area contributed by atoms with Crippen molar-refractivity contribution in [3.63, 3.8) is 0 Å². The summed E-state index contributed by atoms with van der Waals surface area (Å²) >= 11 is 0. The quantitative estimate of drug-likeness (QED) is 0.646. The van der Waals surface area contributed by atoms with E-state index in [2.05, 4.69) is 71.3 Å². The summed E-state index contributed by atoms with van der Waals surface area (Å²) in [7, 11) is 4.06. The normalized spacial score (nSPS) is 19.0. The minimum atomic E-state index is 0.584. The Morgan fingerprint density at radius 3 is 2.74 bits per heavy atom. The van der Waals surface area contributed by atoms with Crippen LogP contribution < -0.4 is 5.32 Å². The number of nitrogens with zero attached hydrogens (tertiary/aromatic N) is 3. The number of benzene rings is 1. The lowest BCUT2D eigenvalue weighted by Gasteiger charge is -2.25. The molecule has 0 amide bonds. The van der Waals surface area contributed by atoms with E-state index in [1.54, 1.807) is 0 Å². The summed E-state index contributed by atoms with van der Waals surface area (Å²) in [6.07, 6.45) is 2.42. The fraction of sp³-hybridized carbons (Fsp3) is 0.632. The first-order valence-electron chi connectivity index (χ1n) is 8.80. The van der Waals surface area contributed by atoms with Crippen molar-refractivity contribution in [2.24, 2.45) is 10.9 Å². The number of guanidine groups is 1. The predicted octanol–water partition coefficient (Wildman–Crippen LogP) is 2.47. The first-order valence-corrected chi connectivity index (χ1v) is 8.80. The molecule has 4 heteroatoms. The van der Waals surface area contributed by atoms with Gasteiger partial charge < -0.3 is 15.1 Å². The van der Waals surface area contributed by atoms with Gasteiger partial charge in [0.2, 0.25) is 0 Å². The van der Waals surface area contributed by atoms with Crippen LogP contribution in [0.3, 0.4) is 0 Å². The van der Waals surface area contributed by atoms with E-state index in [4.69, 9.17) is 0 Å². The summed E-state index contributed by atoms with van der Waals surface area (Å²) in [5.74, 6) is 1.78. The lowest BCUT2D eigenvalue weighted by molar-refractivity contribution is 0.277. The Bertz CT molecular complexity index is 483. The van der Waals surface area contributed by atoms with Gasteiger partial charge in [-0.25, -0.2) is 0 Å². The van der Waals surface area contributed by atoms with Gasteiger partial charge in [-0.1, -0.05) is 30.3 Å².